The Kier molecular flexibility index (Phi) is 7.16. The number of hydrazone groups is 1. The second-order valence-electron chi connectivity index (χ2n) is 5.46. The second kappa shape index (κ2) is 9.57. The predicted molar refractivity (Wildman–Crippen MR) is 103 cm³/mol. The van der Waals surface area contributed by atoms with Crippen LogP contribution >= 0.6 is 11.8 Å². The minimum Gasteiger partial charge on any atom is -0.490 e. The van der Waals surface area contributed by atoms with Crippen LogP contribution in [0, 0.1) is 17.0 Å². The smallest absolute Gasteiger partial charge is 0.311 e. The number of nitrogens with one attached hydrogen (secondary N) is 1. The van der Waals surface area contributed by atoms with E-state index in [2.05, 4.69) is 10.5 Å². The fourth-order valence-corrected chi connectivity index (χ4v) is 2.87. The van der Waals surface area contributed by atoms with Gasteiger partial charge in [-0.3, -0.25) is 14.9 Å². The van der Waals surface area contributed by atoms with Gasteiger partial charge in [0.05, 0.1) is 24.0 Å². The van der Waals surface area contributed by atoms with Crippen molar-refractivity contribution in [2.75, 3.05) is 12.9 Å². The lowest BCUT2D eigenvalue weighted by Gasteiger charge is -2.03. The molecule has 0 unspecified atom stereocenters. The van der Waals surface area contributed by atoms with E-state index in [1.165, 1.54) is 42.8 Å². The molecule has 7 nitrogen and oxygen atoms in total. The van der Waals surface area contributed by atoms with Crippen LogP contribution in [-0.4, -0.2) is 29.9 Å². The van der Waals surface area contributed by atoms with E-state index in [0.717, 1.165) is 11.3 Å². The molecule has 8 heteroatoms. The van der Waals surface area contributed by atoms with Crippen molar-refractivity contribution in [1.82, 2.24) is 5.43 Å². The Morgan fingerprint density at radius 2 is 2.04 bits per heavy atom. The number of carbonyl (C=O) groups excluding carboxylic acids is 1. The number of hydrogen-bond acceptors (Lipinski definition) is 6. The van der Waals surface area contributed by atoms with Crippen LogP contribution < -0.4 is 10.2 Å². The lowest BCUT2D eigenvalue weighted by molar-refractivity contribution is -0.385. The highest BCUT2D eigenvalue weighted by atomic mass is 32.2. The van der Waals surface area contributed by atoms with Gasteiger partial charge in [0.15, 0.2) is 5.75 Å². The molecule has 2 aromatic carbocycles. The molecule has 0 saturated heterocycles. The molecule has 26 heavy (non-hydrogen) atoms. The molecule has 0 atom stereocenters. The van der Waals surface area contributed by atoms with E-state index >= 15 is 0 Å². The number of aryl methyl sites for hydroxylation is 1. The Hall–Kier alpha value is -2.87. The van der Waals surface area contributed by atoms with E-state index in [9.17, 15) is 14.9 Å². The maximum absolute atomic E-state index is 11.8. The monoisotopic (exact) mass is 373 g/mol. The van der Waals surface area contributed by atoms with Gasteiger partial charge < -0.3 is 4.74 Å². The molecule has 0 spiro atoms. The van der Waals surface area contributed by atoms with Crippen LogP contribution in [0.5, 0.6) is 5.75 Å². The lowest BCUT2D eigenvalue weighted by Crippen LogP contribution is -2.19. The van der Waals surface area contributed by atoms with Crippen LogP contribution in [0.15, 0.2) is 47.6 Å². The fourth-order valence-electron chi connectivity index (χ4n) is 2.09. The quantitative estimate of drug-likeness (QED) is 0.435. The standard InChI is InChI=1S/C18H19N3O4S/c1-13-3-5-14(6-4-13)11-26-12-18(22)20-19-10-15-7-8-17(25-2)16(9-15)21(23)24/h3-10H,11-12H2,1-2H3,(H,20,22)/b19-10-. The zero-order valence-electron chi connectivity index (χ0n) is 14.5. The number of nitro benzene ring substituents is 1. The molecule has 0 fully saturated rings. The van der Waals surface area contributed by atoms with Crippen molar-refractivity contribution in [3.63, 3.8) is 0 Å². The second-order valence-corrected chi connectivity index (χ2v) is 6.45. The highest BCUT2D eigenvalue weighted by Crippen LogP contribution is 2.26. The van der Waals surface area contributed by atoms with Crippen molar-refractivity contribution in [3.05, 3.63) is 69.3 Å². The highest BCUT2D eigenvalue weighted by Gasteiger charge is 2.14. The molecule has 0 aliphatic heterocycles. The summed E-state index contributed by atoms with van der Waals surface area (Å²) < 4.78 is 4.93. The van der Waals surface area contributed by atoms with Gasteiger partial charge >= 0.3 is 5.69 Å². The summed E-state index contributed by atoms with van der Waals surface area (Å²) in [5.41, 5.74) is 5.10. The predicted octanol–water partition coefficient (Wildman–Crippen LogP) is 3.30. The van der Waals surface area contributed by atoms with Gasteiger partial charge in [-0.05, 0) is 24.6 Å². The summed E-state index contributed by atoms with van der Waals surface area (Å²) in [6.45, 7) is 2.03. The van der Waals surface area contributed by atoms with Gasteiger partial charge in [-0.25, -0.2) is 5.43 Å². The minimum absolute atomic E-state index is 0.156. The molecular formula is C18H19N3O4S. The van der Waals surface area contributed by atoms with Crippen molar-refractivity contribution < 1.29 is 14.5 Å². The molecule has 0 aromatic heterocycles. The van der Waals surface area contributed by atoms with E-state index in [4.69, 9.17) is 4.74 Å². The molecule has 0 aliphatic carbocycles. The van der Waals surface area contributed by atoms with Gasteiger partial charge in [0, 0.05) is 17.4 Å². The minimum atomic E-state index is -0.531. The number of amides is 1. The van der Waals surface area contributed by atoms with E-state index < -0.39 is 4.92 Å². The van der Waals surface area contributed by atoms with Crippen molar-refractivity contribution in [2.45, 2.75) is 12.7 Å². The Labute approximate surface area is 155 Å². The zero-order chi connectivity index (χ0) is 18.9. The van der Waals surface area contributed by atoms with Crippen molar-refractivity contribution in [3.8, 4) is 5.75 Å². The average Bonchev–Trinajstić information content (AvgIpc) is 2.63. The molecule has 0 aliphatic rings. The van der Waals surface area contributed by atoms with Gasteiger partial charge in [0.1, 0.15) is 0 Å². The number of hydrogen-bond donors (Lipinski definition) is 1. The molecule has 136 valence electrons. The van der Waals surface area contributed by atoms with Gasteiger partial charge in [0.25, 0.3) is 0 Å². The third-order valence-corrected chi connectivity index (χ3v) is 4.43. The average molecular weight is 373 g/mol. The van der Waals surface area contributed by atoms with Gasteiger partial charge in [0.2, 0.25) is 5.91 Å². The molecule has 0 bridgehead atoms. The summed E-state index contributed by atoms with van der Waals surface area (Å²) in [6, 6.07) is 12.6. The van der Waals surface area contributed by atoms with Crippen molar-refractivity contribution in [1.29, 1.82) is 0 Å². The van der Waals surface area contributed by atoms with E-state index in [1.54, 1.807) is 6.07 Å². The summed E-state index contributed by atoms with van der Waals surface area (Å²) in [7, 11) is 1.37. The molecule has 2 aromatic rings. The van der Waals surface area contributed by atoms with Crippen LogP contribution in [0.25, 0.3) is 0 Å². The first-order valence-corrected chi connectivity index (χ1v) is 8.92. The maximum atomic E-state index is 11.8. The number of rotatable bonds is 8. The van der Waals surface area contributed by atoms with Gasteiger partial charge in [-0.15, -0.1) is 11.8 Å². The number of carbonyl (C=O) groups is 1. The normalized spacial score (nSPS) is 10.7. The van der Waals surface area contributed by atoms with E-state index in [0.29, 0.717) is 5.56 Å². The lowest BCUT2D eigenvalue weighted by atomic mass is 10.2. The molecule has 0 saturated carbocycles. The maximum Gasteiger partial charge on any atom is 0.311 e. The first-order valence-electron chi connectivity index (χ1n) is 7.77. The number of nitrogens with zero attached hydrogens (tertiary/aromatic N) is 2. The topological polar surface area (TPSA) is 93.8 Å². The molecule has 0 radical (unpaired) electrons. The number of nitro groups is 1. The molecule has 2 rings (SSSR count). The third kappa shape index (κ3) is 5.89. The van der Waals surface area contributed by atoms with Crippen LogP contribution in [0.2, 0.25) is 0 Å². The molecular weight excluding hydrogens is 354 g/mol. The Morgan fingerprint density at radius 1 is 1.31 bits per heavy atom. The largest absolute Gasteiger partial charge is 0.490 e. The number of benzene rings is 2. The first-order chi connectivity index (χ1) is 12.5. The molecule has 0 heterocycles. The Bertz CT molecular complexity index is 807. The van der Waals surface area contributed by atoms with Crippen LogP contribution in [0.1, 0.15) is 16.7 Å². The summed E-state index contributed by atoms with van der Waals surface area (Å²) in [6.07, 6.45) is 1.36. The summed E-state index contributed by atoms with van der Waals surface area (Å²) in [5.74, 6) is 0.945. The molecule has 1 amide bonds. The number of thioether (sulfide) groups is 1. The fraction of sp³-hybridized carbons (Fsp3) is 0.222. The van der Waals surface area contributed by atoms with Crippen molar-refractivity contribution >= 4 is 29.6 Å². The van der Waals surface area contributed by atoms with E-state index in [1.807, 2.05) is 31.2 Å². The Balaban J connectivity index is 1.82. The SMILES string of the molecule is COc1ccc(/C=N\NC(=O)CSCc2ccc(C)cc2)cc1[N+](=O)[O-]. The van der Waals surface area contributed by atoms with Crippen LogP contribution in [0.3, 0.4) is 0 Å². The van der Waals surface area contributed by atoms with Gasteiger partial charge in [-0.1, -0.05) is 29.8 Å². The van der Waals surface area contributed by atoms with Crippen LogP contribution in [0.4, 0.5) is 5.69 Å². The molecule has 1 N–H and O–H groups in total. The number of methoxy groups -OCH3 is 1. The summed E-state index contributed by atoms with van der Waals surface area (Å²) in [5, 5.41) is 14.8. The first kappa shape index (κ1) is 19.5. The van der Waals surface area contributed by atoms with Gasteiger partial charge in [-0.2, -0.15) is 5.10 Å². The van der Waals surface area contributed by atoms with Crippen molar-refractivity contribution in [2.24, 2.45) is 5.10 Å². The number of ether oxygens (including phenoxy) is 1. The van der Waals surface area contributed by atoms with E-state index in [-0.39, 0.29) is 23.1 Å². The van der Waals surface area contributed by atoms with Crippen LogP contribution in [-0.2, 0) is 10.5 Å². The summed E-state index contributed by atoms with van der Waals surface area (Å²) >= 11 is 1.49. The zero-order valence-corrected chi connectivity index (χ0v) is 15.3. The summed E-state index contributed by atoms with van der Waals surface area (Å²) in [4.78, 5) is 22.2. The third-order valence-electron chi connectivity index (χ3n) is 3.42. The highest BCUT2D eigenvalue weighted by molar-refractivity contribution is 7.99. The Morgan fingerprint density at radius 3 is 2.69 bits per heavy atom.